The Morgan fingerprint density at radius 1 is 1.16 bits per heavy atom. The number of carbonyl (C=O) groups excluding carboxylic acids is 2. The number of rotatable bonds is 2. The van der Waals surface area contributed by atoms with E-state index in [9.17, 15) is 14.9 Å². The maximum absolute atomic E-state index is 12.4. The van der Waals surface area contributed by atoms with Crippen molar-refractivity contribution < 1.29 is 14.0 Å². The first kappa shape index (κ1) is 16.7. The third-order valence-electron chi connectivity index (χ3n) is 4.00. The summed E-state index contributed by atoms with van der Waals surface area (Å²) >= 11 is 6.16. The van der Waals surface area contributed by atoms with Crippen LogP contribution < -0.4 is 0 Å². The highest BCUT2D eigenvalue weighted by molar-refractivity contribution is 6.33. The van der Waals surface area contributed by atoms with Gasteiger partial charge in [0, 0.05) is 18.2 Å². The fourth-order valence-electron chi connectivity index (χ4n) is 2.58. The molecule has 25 heavy (non-hydrogen) atoms. The smallest absolute Gasteiger partial charge is 0.271 e. The third kappa shape index (κ3) is 2.88. The number of carbonyl (C=O) groups is 2. The molecule has 1 aliphatic rings. The Hall–Kier alpha value is -3.10. The molecule has 2 amide bonds. The number of imide groups is 1. The summed E-state index contributed by atoms with van der Waals surface area (Å²) < 4.78 is 5.76. The number of likely N-dealkylation sites (N-methyl/N-ethyl adjacent to an activating group) is 1. The van der Waals surface area contributed by atoms with E-state index >= 15 is 0 Å². The summed E-state index contributed by atoms with van der Waals surface area (Å²) in [5, 5.41) is 9.72. The summed E-state index contributed by atoms with van der Waals surface area (Å²) in [5.41, 5.74) is 1.28. The lowest BCUT2D eigenvalue weighted by molar-refractivity contribution is -0.138. The van der Waals surface area contributed by atoms with Gasteiger partial charge in [0.25, 0.3) is 11.8 Å². The second-order valence-corrected chi connectivity index (χ2v) is 5.93. The first-order valence-corrected chi connectivity index (χ1v) is 7.82. The fourth-order valence-corrected chi connectivity index (χ4v) is 2.81. The maximum atomic E-state index is 12.4. The average molecular weight is 353 g/mol. The van der Waals surface area contributed by atoms with Crippen molar-refractivity contribution in [2.75, 3.05) is 7.05 Å². The Morgan fingerprint density at radius 3 is 2.56 bits per heavy atom. The lowest BCUT2D eigenvalue weighted by Crippen LogP contribution is -2.39. The van der Waals surface area contributed by atoms with Crippen molar-refractivity contribution in [1.29, 1.82) is 5.26 Å². The minimum atomic E-state index is -0.599. The van der Waals surface area contributed by atoms with Crippen molar-refractivity contribution >= 4 is 29.5 Å². The van der Waals surface area contributed by atoms with Gasteiger partial charge in [-0.3, -0.25) is 14.5 Å². The summed E-state index contributed by atoms with van der Waals surface area (Å²) in [4.78, 5) is 25.3. The standard InChI is InChI=1S/C19H13ClN2O3/c1-11-14(18(23)22(2)19(24)15(11)10-21)9-12-7-8-17(25-12)13-5-3-4-6-16(13)20/h3-9H,1-2H3/b14-9+. The van der Waals surface area contributed by atoms with Crippen LogP contribution in [-0.2, 0) is 9.59 Å². The minimum Gasteiger partial charge on any atom is -0.457 e. The zero-order valence-electron chi connectivity index (χ0n) is 13.5. The van der Waals surface area contributed by atoms with E-state index in [-0.39, 0.29) is 11.1 Å². The highest BCUT2D eigenvalue weighted by atomic mass is 35.5. The summed E-state index contributed by atoms with van der Waals surface area (Å²) in [7, 11) is 1.35. The molecule has 6 heteroatoms. The van der Waals surface area contributed by atoms with E-state index in [1.54, 1.807) is 25.1 Å². The van der Waals surface area contributed by atoms with Gasteiger partial charge in [-0.15, -0.1) is 0 Å². The predicted octanol–water partition coefficient (Wildman–Crippen LogP) is 3.82. The summed E-state index contributed by atoms with van der Waals surface area (Å²) in [6, 6.07) is 12.6. The summed E-state index contributed by atoms with van der Waals surface area (Å²) in [5.74, 6) is -0.0829. The molecule has 0 atom stereocenters. The highest BCUT2D eigenvalue weighted by Gasteiger charge is 2.33. The van der Waals surface area contributed by atoms with E-state index in [4.69, 9.17) is 16.0 Å². The highest BCUT2D eigenvalue weighted by Crippen LogP contribution is 2.31. The molecule has 2 heterocycles. The Morgan fingerprint density at radius 2 is 1.88 bits per heavy atom. The number of hydrogen-bond donors (Lipinski definition) is 0. The molecule has 124 valence electrons. The van der Waals surface area contributed by atoms with Crippen molar-refractivity contribution in [3.63, 3.8) is 0 Å². The molecule has 1 aromatic carbocycles. The molecule has 0 unspecified atom stereocenters. The van der Waals surface area contributed by atoms with Crippen LogP contribution in [-0.4, -0.2) is 23.8 Å². The van der Waals surface area contributed by atoms with Crippen molar-refractivity contribution in [2.24, 2.45) is 0 Å². The van der Waals surface area contributed by atoms with E-state index in [0.717, 1.165) is 10.5 Å². The maximum Gasteiger partial charge on any atom is 0.271 e. The van der Waals surface area contributed by atoms with E-state index in [1.807, 2.05) is 24.3 Å². The molecule has 0 saturated carbocycles. The van der Waals surface area contributed by atoms with Crippen LogP contribution in [0.3, 0.4) is 0 Å². The molecule has 1 aromatic heterocycles. The van der Waals surface area contributed by atoms with Crippen LogP contribution in [0.2, 0.25) is 5.02 Å². The lowest BCUT2D eigenvalue weighted by atomic mass is 9.95. The van der Waals surface area contributed by atoms with E-state index in [0.29, 0.717) is 22.1 Å². The van der Waals surface area contributed by atoms with Crippen molar-refractivity contribution in [3.05, 3.63) is 63.9 Å². The zero-order chi connectivity index (χ0) is 18.1. The van der Waals surface area contributed by atoms with Gasteiger partial charge in [0.05, 0.1) is 5.02 Å². The number of nitrogens with zero attached hydrogens (tertiary/aromatic N) is 2. The van der Waals surface area contributed by atoms with Crippen molar-refractivity contribution in [2.45, 2.75) is 6.92 Å². The number of amides is 2. The van der Waals surface area contributed by atoms with Gasteiger partial charge in [-0.2, -0.15) is 5.26 Å². The van der Waals surface area contributed by atoms with Gasteiger partial charge in [-0.1, -0.05) is 23.7 Å². The van der Waals surface area contributed by atoms with Gasteiger partial charge < -0.3 is 4.42 Å². The normalized spacial score (nSPS) is 16.6. The van der Waals surface area contributed by atoms with Crippen LogP contribution in [0.25, 0.3) is 17.4 Å². The van der Waals surface area contributed by atoms with Crippen LogP contribution in [0.15, 0.2) is 57.5 Å². The number of benzene rings is 1. The Kier molecular flexibility index (Phi) is 4.30. The van der Waals surface area contributed by atoms with E-state index in [2.05, 4.69) is 0 Å². The van der Waals surface area contributed by atoms with Gasteiger partial charge in [-0.05, 0) is 42.8 Å². The first-order chi connectivity index (χ1) is 11.9. The van der Waals surface area contributed by atoms with E-state index in [1.165, 1.54) is 13.1 Å². The van der Waals surface area contributed by atoms with Crippen molar-refractivity contribution in [3.8, 4) is 17.4 Å². The van der Waals surface area contributed by atoms with Gasteiger partial charge in [0.15, 0.2) is 0 Å². The van der Waals surface area contributed by atoms with Gasteiger partial charge in [0.2, 0.25) is 0 Å². The lowest BCUT2D eigenvalue weighted by Gasteiger charge is -2.23. The molecule has 0 spiro atoms. The molecule has 0 saturated heterocycles. The summed E-state index contributed by atoms with van der Waals surface area (Å²) in [6.45, 7) is 1.57. The third-order valence-corrected chi connectivity index (χ3v) is 4.33. The van der Waals surface area contributed by atoms with Gasteiger partial charge >= 0.3 is 0 Å². The van der Waals surface area contributed by atoms with Crippen LogP contribution in [0.1, 0.15) is 12.7 Å². The topological polar surface area (TPSA) is 74.3 Å². The van der Waals surface area contributed by atoms with Crippen LogP contribution in [0.5, 0.6) is 0 Å². The van der Waals surface area contributed by atoms with Crippen LogP contribution in [0, 0.1) is 11.3 Å². The fraction of sp³-hybridized carbons (Fsp3) is 0.105. The largest absolute Gasteiger partial charge is 0.457 e. The molecular formula is C19H13ClN2O3. The predicted molar refractivity (Wildman–Crippen MR) is 93.2 cm³/mol. The first-order valence-electron chi connectivity index (χ1n) is 7.44. The van der Waals surface area contributed by atoms with Crippen molar-refractivity contribution in [1.82, 2.24) is 4.90 Å². The molecule has 0 radical (unpaired) electrons. The number of halogens is 1. The number of furan rings is 1. The van der Waals surface area contributed by atoms with Gasteiger partial charge in [-0.25, -0.2) is 0 Å². The number of nitriles is 1. The molecule has 1 aliphatic heterocycles. The monoisotopic (exact) mass is 352 g/mol. The average Bonchev–Trinajstić information content (AvgIpc) is 3.06. The molecule has 5 nitrogen and oxygen atoms in total. The molecule has 0 bridgehead atoms. The van der Waals surface area contributed by atoms with E-state index < -0.39 is 11.8 Å². The Labute approximate surface area is 149 Å². The molecular weight excluding hydrogens is 340 g/mol. The van der Waals surface area contributed by atoms with Gasteiger partial charge in [0.1, 0.15) is 23.2 Å². The molecule has 0 aliphatic carbocycles. The molecule has 0 N–H and O–H groups in total. The SMILES string of the molecule is CC1=C(C#N)C(=O)N(C)C(=O)/C1=C/c1ccc(-c2ccccc2Cl)o1. The number of hydrogen-bond acceptors (Lipinski definition) is 4. The molecule has 2 aromatic rings. The molecule has 3 rings (SSSR count). The zero-order valence-corrected chi connectivity index (χ0v) is 14.3. The Bertz CT molecular complexity index is 992. The van der Waals surface area contributed by atoms with Crippen LogP contribution in [0.4, 0.5) is 0 Å². The quantitative estimate of drug-likeness (QED) is 0.608. The Balaban J connectivity index is 2.05. The summed E-state index contributed by atoms with van der Waals surface area (Å²) in [6.07, 6.45) is 1.53. The van der Waals surface area contributed by atoms with Crippen LogP contribution >= 0.6 is 11.6 Å². The molecule has 0 fully saturated rings. The second-order valence-electron chi connectivity index (χ2n) is 5.52. The second kappa shape index (κ2) is 6.42. The minimum absolute atomic E-state index is 0.0498.